The van der Waals surface area contributed by atoms with Gasteiger partial charge in [-0.1, -0.05) is 72.8 Å². The summed E-state index contributed by atoms with van der Waals surface area (Å²) in [5.74, 6) is -0.766. The number of benzene rings is 4. The number of nitrogens with two attached hydrogens (primary N) is 1. The van der Waals surface area contributed by atoms with Crippen molar-refractivity contribution in [1.82, 2.24) is 4.57 Å². The van der Waals surface area contributed by atoms with Gasteiger partial charge in [0.1, 0.15) is 5.69 Å². The van der Waals surface area contributed by atoms with Gasteiger partial charge in [-0.25, -0.2) is 0 Å². The lowest BCUT2D eigenvalue weighted by Gasteiger charge is -2.36. The van der Waals surface area contributed by atoms with Gasteiger partial charge in [-0.05, 0) is 28.6 Å². The minimum Gasteiger partial charge on any atom is -0.343 e. The molecule has 2 heterocycles. The molecule has 0 saturated carbocycles. The summed E-state index contributed by atoms with van der Waals surface area (Å²) < 4.78 is 2.12. The second-order valence-electron chi connectivity index (χ2n) is 9.24. The molecule has 0 radical (unpaired) electrons. The zero-order chi connectivity index (χ0) is 25.5. The second-order valence-corrected chi connectivity index (χ2v) is 9.24. The van der Waals surface area contributed by atoms with Crippen LogP contribution in [0.3, 0.4) is 0 Å². The van der Waals surface area contributed by atoms with Crippen molar-refractivity contribution >= 4 is 44.9 Å². The molecule has 7 nitrogen and oxygen atoms in total. The molecule has 1 aliphatic rings. The van der Waals surface area contributed by atoms with Crippen LogP contribution in [0.2, 0.25) is 0 Å². The lowest BCUT2D eigenvalue weighted by atomic mass is 9.99. The normalized spacial score (nSPS) is 15.0. The molecule has 6 rings (SSSR count). The first-order chi connectivity index (χ1) is 18.0. The minimum absolute atomic E-state index is 0.267. The highest BCUT2D eigenvalue weighted by atomic mass is 16.7. The van der Waals surface area contributed by atoms with E-state index in [9.17, 15) is 9.59 Å². The third-order valence-electron chi connectivity index (χ3n) is 6.78. The second kappa shape index (κ2) is 9.11. The van der Waals surface area contributed by atoms with E-state index in [2.05, 4.69) is 22.0 Å². The maximum atomic E-state index is 13.6. The van der Waals surface area contributed by atoms with Crippen molar-refractivity contribution in [3.63, 3.8) is 0 Å². The maximum Gasteiger partial charge on any atom is 0.329 e. The fourth-order valence-corrected chi connectivity index (χ4v) is 5.21. The number of anilines is 2. The Morgan fingerprint density at radius 2 is 1.70 bits per heavy atom. The number of fused-ring (bicyclic) bond motifs is 4. The zero-order valence-electron chi connectivity index (χ0n) is 20.3. The number of para-hydroxylation sites is 1. The van der Waals surface area contributed by atoms with E-state index in [4.69, 9.17) is 10.6 Å². The predicted octanol–water partition coefficient (Wildman–Crippen LogP) is 5.28. The van der Waals surface area contributed by atoms with Gasteiger partial charge in [0.25, 0.3) is 5.91 Å². The molecule has 0 bridgehead atoms. The van der Waals surface area contributed by atoms with Crippen molar-refractivity contribution in [2.75, 3.05) is 10.4 Å². The van der Waals surface area contributed by atoms with Gasteiger partial charge in [0.15, 0.2) is 6.04 Å². The third-order valence-corrected chi connectivity index (χ3v) is 6.78. The summed E-state index contributed by atoms with van der Waals surface area (Å²) in [4.78, 5) is 31.7. The lowest BCUT2D eigenvalue weighted by molar-refractivity contribution is -0.144. The Bertz CT molecular complexity index is 1670. The number of hydroxylamine groups is 1. The van der Waals surface area contributed by atoms with E-state index in [1.54, 1.807) is 0 Å². The number of nitrogens with zero attached hydrogens (tertiary/aromatic N) is 2. The van der Waals surface area contributed by atoms with Crippen molar-refractivity contribution in [1.29, 1.82) is 0 Å². The molecule has 4 aromatic carbocycles. The first-order valence-corrected chi connectivity index (χ1v) is 12.2. The molecule has 0 fully saturated rings. The molecule has 184 valence electrons. The van der Waals surface area contributed by atoms with Crippen LogP contribution in [0.25, 0.3) is 21.7 Å². The molecule has 1 atom stereocenters. The SMILES string of the molecule is CC(=O)ON1c2c(ccc3ccccc23)NC(=O)C1c1cn(Cc2cccc(CN)c2)c2ccccc12. The van der Waals surface area contributed by atoms with Crippen LogP contribution in [0.5, 0.6) is 0 Å². The minimum atomic E-state index is -0.872. The van der Waals surface area contributed by atoms with Gasteiger partial charge in [-0.3, -0.25) is 9.59 Å². The molecule has 7 heteroatoms. The van der Waals surface area contributed by atoms with Crippen molar-refractivity contribution < 1.29 is 14.4 Å². The van der Waals surface area contributed by atoms with Gasteiger partial charge in [-0.2, -0.15) is 5.06 Å². The van der Waals surface area contributed by atoms with Gasteiger partial charge in [0, 0.05) is 48.1 Å². The van der Waals surface area contributed by atoms with Crippen LogP contribution < -0.4 is 16.1 Å². The smallest absolute Gasteiger partial charge is 0.329 e. The van der Waals surface area contributed by atoms with Crippen molar-refractivity contribution in [3.05, 3.63) is 108 Å². The summed E-state index contributed by atoms with van der Waals surface area (Å²) in [6, 6.07) is 26.9. The highest BCUT2D eigenvalue weighted by Gasteiger charge is 2.39. The molecule has 1 unspecified atom stereocenters. The molecule has 1 aromatic heterocycles. The number of rotatable bonds is 5. The number of amides is 1. The van der Waals surface area contributed by atoms with E-state index in [0.29, 0.717) is 24.5 Å². The Kier molecular flexibility index (Phi) is 5.62. The van der Waals surface area contributed by atoms with E-state index < -0.39 is 12.0 Å². The monoisotopic (exact) mass is 490 g/mol. The largest absolute Gasteiger partial charge is 0.343 e. The van der Waals surface area contributed by atoms with Gasteiger partial charge in [0.05, 0.1) is 5.69 Å². The molecule has 1 amide bonds. The first kappa shape index (κ1) is 22.8. The van der Waals surface area contributed by atoms with Crippen LogP contribution in [0, 0.1) is 0 Å². The standard InChI is InChI=1S/C30H26N4O3/c1-19(35)37-34-28-23-10-3-2-9-22(23)13-14-26(28)32-30(36)29(34)25-18-33(27-12-5-4-11-24(25)27)17-21-8-6-7-20(15-21)16-31/h2-15,18,29H,16-17,31H2,1H3,(H,32,36). The summed E-state index contributed by atoms with van der Waals surface area (Å²) in [5.41, 5.74) is 11.0. The maximum absolute atomic E-state index is 13.6. The first-order valence-electron chi connectivity index (χ1n) is 12.2. The Balaban J connectivity index is 1.52. The van der Waals surface area contributed by atoms with Gasteiger partial charge in [0.2, 0.25) is 0 Å². The Morgan fingerprint density at radius 3 is 2.51 bits per heavy atom. The summed E-state index contributed by atoms with van der Waals surface area (Å²) in [6.45, 7) is 2.43. The summed E-state index contributed by atoms with van der Waals surface area (Å²) in [6.07, 6.45) is 1.98. The van der Waals surface area contributed by atoms with Crippen molar-refractivity contribution in [2.45, 2.75) is 26.1 Å². The van der Waals surface area contributed by atoms with E-state index in [1.165, 1.54) is 12.0 Å². The molecular weight excluding hydrogens is 464 g/mol. The molecule has 1 aliphatic heterocycles. The van der Waals surface area contributed by atoms with Crippen LogP contribution >= 0.6 is 0 Å². The topological polar surface area (TPSA) is 89.6 Å². The van der Waals surface area contributed by atoms with Gasteiger partial charge >= 0.3 is 5.97 Å². The molecule has 37 heavy (non-hydrogen) atoms. The highest BCUT2D eigenvalue weighted by Crippen LogP contribution is 2.45. The van der Waals surface area contributed by atoms with Crippen LogP contribution in [-0.2, 0) is 27.5 Å². The van der Waals surface area contributed by atoms with E-state index in [0.717, 1.165) is 38.4 Å². The number of carbonyl (C=O) groups excluding carboxylic acids is 2. The number of nitrogens with one attached hydrogen (secondary N) is 1. The average molecular weight is 491 g/mol. The van der Waals surface area contributed by atoms with Crippen LogP contribution in [0.4, 0.5) is 11.4 Å². The molecular formula is C30H26N4O3. The molecule has 0 spiro atoms. The molecule has 0 saturated heterocycles. The highest BCUT2D eigenvalue weighted by molar-refractivity contribution is 6.12. The zero-order valence-corrected chi connectivity index (χ0v) is 20.3. The van der Waals surface area contributed by atoms with E-state index in [1.807, 2.05) is 79.0 Å². The van der Waals surface area contributed by atoms with Crippen LogP contribution in [-0.4, -0.2) is 16.4 Å². The lowest BCUT2D eigenvalue weighted by Crippen LogP contribution is -2.42. The fourth-order valence-electron chi connectivity index (χ4n) is 5.21. The summed E-state index contributed by atoms with van der Waals surface area (Å²) >= 11 is 0. The Morgan fingerprint density at radius 1 is 0.946 bits per heavy atom. The number of aromatic nitrogens is 1. The Hall–Kier alpha value is -4.62. The van der Waals surface area contributed by atoms with Crippen LogP contribution in [0.1, 0.15) is 29.7 Å². The van der Waals surface area contributed by atoms with Crippen molar-refractivity contribution in [2.24, 2.45) is 5.73 Å². The van der Waals surface area contributed by atoms with E-state index >= 15 is 0 Å². The molecule has 3 N–H and O–H groups in total. The fraction of sp³-hybridized carbons (Fsp3) is 0.133. The van der Waals surface area contributed by atoms with Gasteiger partial charge < -0.3 is 20.5 Å². The van der Waals surface area contributed by atoms with Gasteiger partial charge in [-0.15, -0.1) is 0 Å². The number of carbonyl (C=O) groups is 2. The number of hydrogen-bond donors (Lipinski definition) is 2. The summed E-state index contributed by atoms with van der Waals surface area (Å²) in [7, 11) is 0. The quantitative estimate of drug-likeness (QED) is 0.350. The Labute approximate surface area is 214 Å². The predicted molar refractivity (Wildman–Crippen MR) is 145 cm³/mol. The number of hydrogen-bond acceptors (Lipinski definition) is 5. The summed E-state index contributed by atoms with van der Waals surface area (Å²) in [5, 5.41) is 7.30. The van der Waals surface area contributed by atoms with Crippen molar-refractivity contribution in [3.8, 4) is 0 Å². The van der Waals surface area contributed by atoms with Crippen LogP contribution in [0.15, 0.2) is 91.1 Å². The average Bonchev–Trinajstić information content (AvgIpc) is 3.26. The van der Waals surface area contributed by atoms with E-state index in [-0.39, 0.29) is 5.91 Å². The third kappa shape index (κ3) is 3.99. The molecule has 0 aliphatic carbocycles. The molecule has 5 aromatic rings.